The van der Waals surface area contributed by atoms with E-state index >= 15 is 0 Å². The van der Waals surface area contributed by atoms with E-state index in [1.807, 2.05) is 18.2 Å². The van der Waals surface area contributed by atoms with Crippen molar-refractivity contribution in [3.8, 4) is 0 Å². The van der Waals surface area contributed by atoms with E-state index < -0.39 is 10.0 Å². The standard InChI is InChI=1S/C15H16ClN3O2S/c16-13-5-1-2-6-14(13)22(20,21)18-12-8-10-19(11-12)15-7-3-4-9-17-15/h1-7,9,12,18H,8,10-11H2. The Kier molecular flexibility index (Phi) is 4.33. The Morgan fingerprint density at radius 3 is 2.68 bits per heavy atom. The third-order valence-electron chi connectivity index (χ3n) is 3.61. The van der Waals surface area contributed by atoms with Crippen LogP contribution in [-0.4, -0.2) is 32.5 Å². The third-order valence-corrected chi connectivity index (χ3v) is 5.63. The molecule has 2 heterocycles. The number of sulfonamides is 1. The first kappa shape index (κ1) is 15.3. The molecule has 5 nitrogen and oxygen atoms in total. The Bertz CT molecular complexity index is 752. The molecule has 0 bridgehead atoms. The maximum absolute atomic E-state index is 12.4. The van der Waals surface area contributed by atoms with Crippen LogP contribution in [0.25, 0.3) is 0 Å². The number of hydrogen-bond acceptors (Lipinski definition) is 4. The Balaban J connectivity index is 1.71. The Morgan fingerprint density at radius 2 is 1.95 bits per heavy atom. The zero-order valence-corrected chi connectivity index (χ0v) is 13.4. The van der Waals surface area contributed by atoms with Crippen LogP contribution in [0.4, 0.5) is 5.82 Å². The molecule has 1 fully saturated rings. The van der Waals surface area contributed by atoms with Crippen LogP contribution in [0.15, 0.2) is 53.6 Å². The average Bonchev–Trinajstić information content (AvgIpc) is 2.96. The topological polar surface area (TPSA) is 62.3 Å². The summed E-state index contributed by atoms with van der Waals surface area (Å²) >= 11 is 5.98. The number of pyridine rings is 1. The first-order valence-electron chi connectivity index (χ1n) is 6.99. The second kappa shape index (κ2) is 6.24. The second-order valence-electron chi connectivity index (χ2n) is 5.17. The highest BCUT2D eigenvalue weighted by Crippen LogP contribution is 2.23. The number of aromatic nitrogens is 1. The predicted octanol–water partition coefficient (Wildman–Crippen LogP) is 2.29. The number of rotatable bonds is 4. The number of nitrogens with zero attached hydrogens (tertiary/aromatic N) is 2. The molecular formula is C15H16ClN3O2S. The molecule has 7 heteroatoms. The molecule has 1 atom stereocenters. The van der Waals surface area contributed by atoms with Gasteiger partial charge in [0, 0.05) is 25.3 Å². The molecule has 3 rings (SSSR count). The highest BCUT2D eigenvalue weighted by atomic mass is 35.5. The number of benzene rings is 1. The zero-order valence-electron chi connectivity index (χ0n) is 11.8. The molecule has 0 amide bonds. The van der Waals surface area contributed by atoms with Crippen LogP contribution in [0.5, 0.6) is 0 Å². The Hall–Kier alpha value is -1.63. The van der Waals surface area contributed by atoms with E-state index in [-0.39, 0.29) is 16.0 Å². The van der Waals surface area contributed by atoms with Gasteiger partial charge in [-0.2, -0.15) is 0 Å². The number of anilines is 1. The van der Waals surface area contributed by atoms with Crippen LogP contribution in [0, 0.1) is 0 Å². The van der Waals surface area contributed by atoms with Crippen LogP contribution >= 0.6 is 11.6 Å². The molecule has 1 aliphatic heterocycles. The first-order valence-corrected chi connectivity index (χ1v) is 8.85. The minimum atomic E-state index is -3.61. The lowest BCUT2D eigenvalue weighted by Gasteiger charge is -2.18. The summed E-state index contributed by atoms with van der Waals surface area (Å²) in [5, 5.41) is 0.231. The van der Waals surface area contributed by atoms with Gasteiger partial charge >= 0.3 is 0 Å². The van der Waals surface area contributed by atoms with Crippen molar-refractivity contribution in [3.05, 3.63) is 53.7 Å². The molecule has 0 saturated carbocycles. The summed E-state index contributed by atoms with van der Waals surface area (Å²) in [4.78, 5) is 6.48. The lowest BCUT2D eigenvalue weighted by atomic mass is 10.3. The monoisotopic (exact) mass is 337 g/mol. The van der Waals surface area contributed by atoms with E-state index in [4.69, 9.17) is 11.6 Å². The van der Waals surface area contributed by atoms with Crippen molar-refractivity contribution in [2.45, 2.75) is 17.4 Å². The van der Waals surface area contributed by atoms with Gasteiger partial charge < -0.3 is 4.90 Å². The summed E-state index contributed by atoms with van der Waals surface area (Å²) in [5.41, 5.74) is 0. The Labute approximate surface area is 135 Å². The zero-order chi connectivity index (χ0) is 15.6. The van der Waals surface area contributed by atoms with Gasteiger partial charge in [-0.15, -0.1) is 0 Å². The van der Waals surface area contributed by atoms with Crippen molar-refractivity contribution >= 4 is 27.4 Å². The van der Waals surface area contributed by atoms with E-state index in [2.05, 4.69) is 14.6 Å². The summed E-state index contributed by atoms with van der Waals surface area (Å²) in [6, 6.07) is 12.0. The molecule has 1 unspecified atom stereocenters. The minimum absolute atomic E-state index is 0.118. The van der Waals surface area contributed by atoms with E-state index in [0.29, 0.717) is 6.54 Å². The highest BCUT2D eigenvalue weighted by molar-refractivity contribution is 7.89. The first-order chi connectivity index (χ1) is 10.6. The van der Waals surface area contributed by atoms with Gasteiger partial charge in [0.25, 0.3) is 0 Å². The molecule has 1 aromatic heterocycles. The molecule has 0 spiro atoms. The molecule has 0 aliphatic carbocycles. The summed E-state index contributed by atoms with van der Waals surface area (Å²) in [5.74, 6) is 0.863. The fourth-order valence-electron chi connectivity index (χ4n) is 2.55. The number of hydrogen-bond donors (Lipinski definition) is 1. The summed E-state index contributed by atoms with van der Waals surface area (Å²) in [7, 11) is -3.61. The largest absolute Gasteiger partial charge is 0.355 e. The fraction of sp³-hybridized carbons (Fsp3) is 0.267. The van der Waals surface area contributed by atoms with Crippen LogP contribution < -0.4 is 9.62 Å². The minimum Gasteiger partial charge on any atom is -0.355 e. The summed E-state index contributed by atoms with van der Waals surface area (Å²) in [6.45, 7) is 1.37. The predicted molar refractivity (Wildman–Crippen MR) is 86.6 cm³/mol. The van der Waals surface area contributed by atoms with Crippen molar-refractivity contribution in [2.24, 2.45) is 0 Å². The van der Waals surface area contributed by atoms with Gasteiger partial charge in [0.05, 0.1) is 5.02 Å². The molecule has 1 aliphatic rings. The lowest BCUT2D eigenvalue weighted by molar-refractivity contribution is 0.561. The van der Waals surface area contributed by atoms with E-state index in [1.165, 1.54) is 6.07 Å². The van der Waals surface area contributed by atoms with Gasteiger partial charge in [-0.25, -0.2) is 18.1 Å². The van der Waals surface area contributed by atoms with Crippen LogP contribution in [0.1, 0.15) is 6.42 Å². The Morgan fingerprint density at radius 1 is 1.18 bits per heavy atom. The van der Waals surface area contributed by atoms with Crippen molar-refractivity contribution in [3.63, 3.8) is 0 Å². The van der Waals surface area contributed by atoms with Crippen molar-refractivity contribution in [1.29, 1.82) is 0 Å². The van der Waals surface area contributed by atoms with Gasteiger partial charge in [-0.3, -0.25) is 0 Å². The lowest BCUT2D eigenvalue weighted by Crippen LogP contribution is -2.37. The molecule has 1 N–H and O–H groups in total. The number of nitrogens with one attached hydrogen (secondary N) is 1. The molecule has 2 aromatic rings. The van der Waals surface area contributed by atoms with Crippen LogP contribution in [-0.2, 0) is 10.0 Å². The molecule has 1 aromatic carbocycles. The van der Waals surface area contributed by atoms with Crippen LogP contribution in [0.2, 0.25) is 5.02 Å². The molecular weight excluding hydrogens is 322 g/mol. The fourth-order valence-corrected chi connectivity index (χ4v) is 4.33. The number of halogens is 1. The van der Waals surface area contributed by atoms with Gasteiger partial charge in [0.15, 0.2) is 0 Å². The third kappa shape index (κ3) is 3.24. The van der Waals surface area contributed by atoms with Gasteiger partial charge in [0.1, 0.15) is 10.7 Å². The molecule has 1 saturated heterocycles. The van der Waals surface area contributed by atoms with Gasteiger partial charge in [-0.1, -0.05) is 29.8 Å². The maximum Gasteiger partial charge on any atom is 0.242 e. The summed E-state index contributed by atoms with van der Waals surface area (Å²) < 4.78 is 27.6. The quantitative estimate of drug-likeness (QED) is 0.929. The average molecular weight is 338 g/mol. The second-order valence-corrected chi connectivity index (χ2v) is 7.26. The smallest absolute Gasteiger partial charge is 0.242 e. The highest BCUT2D eigenvalue weighted by Gasteiger charge is 2.28. The van der Waals surface area contributed by atoms with Crippen molar-refractivity contribution < 1.29 is 8.42 Å². The van der Waals surface area contributed by atoms with Crippen LogP contribution in [0.3, 0.4) is 0 Å². The molecule has 116 valence electrons. The van der Waals surface area contributed by atoms with Gasteiger partial charge in [0.2, 0.25) is 10.0 Å². The van der Waals surface area contributed by atoms with Gasteiger partial charge in [-0.05, 0) is 30.7 Å². The van der Waals surface area contributed by atoms with Crippen molar-refractivity contribution in [1.82, 2.24) is 9.71 Å². The van der Waals surface area contributed by atoms with E-state index in [1.54, 1.807) is 24.4 Å². The van der Waals surface area contributed by atoms with E-state index in [0.717, 1.165) is 18.8 Å². The SMILES string of the molecule is O=S(=O)(NC1CCN(c2ccccn2)C1)c1ccccc1Cl. The van der Waals surface area contributed by atoms with Crippen molar-refractivity contribution in [2.75, 3.05) is 18.0 Å². The molecule has 22 heavy (non-hydrogen) atoms. The summed E-state index contributed by atoms with van der Waals surface area (Å²) in [6.07, 6.45) is 2.47. The molecule has 0 radical (unpaired) electrons. The normalized spacial score (nSPS) is 18.6. The maximum atomic E-state index is 12.4. The van der Waals surface area contributed by atoms with E-state index in [9.17, 15) is 8.42 Å².